The van der Waals surface area contributed by atoms with Crippen molar-refractivity contribution in [3.05, 3.63) is 28.8 Å². The lowest BCUT2D eigenvalue weighted by molar-refractivity contribution is 0.112. The van der Waals surface area contributed by atoms with Crippen LogP contribution in [0.2, 0.25) is 5.02 Å². The molecule has 1 aromatic carbocycles. The summed E-state index contributed by atoms with van der Waals surface area (Å²) in [5.74, 6) is 0. The van der Waals surface area contributed by atoms with Crippen molar-refractivity contribution in [3.63, 3.8) is 0 Å². The van der Waals surface area contributed by atoms with E-state index in [1.54, 1.807) is 12.1 Å². The zero-order valence-electron chi connectivity index (χ0n) is 10.3. The molecule has 0 bridgehead atoms. The second-order valence-electron chi connectivity index (χ2n) is 4.70. The van der Waals surface area contributed by atoms with Gasteiger partial charge in [0, 0.05) is 22.8 Å². The molecule has 0 spiro atoms. The van der Waals surface area contributed by atoms with Crippen molar-refractivity contribution < 1.29 is 9.90 Å². The quantitative estimate of drug-likeness (QED) is 0.856. The highest BCUT2D eigenvalue weighted by Gasteiger charge is 2.22. The Hall–Kier alpha value is -1.06. The lowest BCUT2D eigenvalue weighted by Gasteiger charge is -2.31. The molecule has 1 aromatic rings. The fourth-order valence-corrected chi connectivity index (χ4v) is 2.72. The van der Waals surface area contributed by atoms with E-state index >= 15 is 0 Å². The van der Waals surface area contributed by atoms with E-state index in [2.05, 4.69) is 4.90 Å². The molecule has 0 radical (unpaired) electrons. The summed E-state index contributed by atoms with van der Waals surface area (Å²) in [6.07, 6.45) is 5.19. The molecule has 0 aromatic heterocycles. The van der Waals surface area contributed by atoms with Crippen LogP contribution in [0.5, 0.6) is 0 Å². The topological polar surface area (TPSA) is 40.5 Å². The molecule has 1 unspecified atom stereocenters. The smallest absolute Gasteiger partial charge is 0.152 e. The molecule has 1 atom stereocenters. The number of hydrogen-bond donors (Lipinski definition) is 1. The Bertz CT molecular complexity index is 422. The van der Waals surface area contributed by atoms with Crippen molar-refractivity contribution in [2.75, 3.05) is 18.1 Å². The van der Waals surface area contributed by atoms with Crippen molar-refractivity contribution in [1.29, 1.82) is 0 Å². The molecular weight excluding hydrogens is 250 g/mol. The van der Waals surface area contributed by atoms with E-state index in [-0.39, 0.29) is 12.6 Å². The minimum Gasteiger partial charge on any atom is -0.394 e. The van der Waals surface area contributed by atoms with E-state index in [0.29, 0.717) is 10.6 Å². The highest BCUT2D eigenvalue weighted by molar-refractivity contribution is 6.31. The number of aliphatic hydroxyl groups excluding tert-OH is 1. The van der Waals surface area contributed by atoms with E-state index in [1.807, 2.05) is 6.07 Å². The van der Waals surface area contributed by atoms with Gasteiger partial charge >= 0.3 is 0 Å². The van der Waals surface area contributed by atoms with E-state index in [0.717, 1.165) is 37.8 Å². The van der Waals surface area contributed by atoms with Gasteiger partial charge in [0.1, 0.15) is 0 Å². The predicted molar refractivity (Wildman–Crippen MR) is 73.5 cm³/mol. The molecule has 98 valence electrons. The first kappa shape index (κ1) is 13.4. The third kappa shape index (κ3) is 2.85. The molecule has 3 nitrogen and oxygen atoms in total. The van der Waals surface area contributed by atoms with Gasteiger partial charge in [-0.3, -0.25) is 4.79 Å². The molecule has 1 aliphatic rings. The first-order valence-corrected chi connectivity index (χ1v) is 6.76. The summed E-state index contributed by atoms with van der Waals surface area (Å²) < 4.78 is 0. The van der Waals surface area contributed by atoms with E-state index in [1.165, 1.54) is 6.42 Å². The number of hydrogen-bond acceptors (Lipinski definition) is 3. The predicted octanol–water partition coefficient (Wildman–Crippen LogP) is 2.89. The van der Waals surface area contributed by atoms with Crippen LogP contribution in [0.4, 0.5) is 5.69 Å². The van der Waals surface area contributed by atoms with Gasteiger partial charge in [-0.1, -0.05) is 24.4 Å². The molecule has 18 heavy (non-hydrogen) atoms. The fraction of sp³-hybridized carbons (Fsp3) is 0.500. The summed E-state index contributed by atoms with van der Waals surface area (Å²) in [5.41, 5.74) is 1.48. The van der Waals surface area contributed by atoms with Crippen LogP contribution in [-0.4, -0.2) is 30.6 Å². The number of nitrogens with zero attached hydrogens (tertiary/aromatic N) is 1. The van der Waals surface area contributed by atoms with Crippen LogP contribution in [0.3, 0.4) is 0 Å². The standard InChI is InChI=1S/C14H18ClNO2/c15-12-6-5-11(9-17)14(8-12)16-7-3-1-2-4-13(16)10-18/h5-6,8-9,13,18H,1-4,7,10H2. The maximum absolute atomic E-state index is 11.1. The van der Waals surface area contributed by atoms with E-state index < -0.39 is 0 Å². The Morgan fingerprint density at radius 3 is 2.94 bits per heavy atom. The molecule has 2 rings (SSSR count). The zero-order chi connectivity index (χ0) is 13.0. The number of aldehydes is 1. The van der Waals surface area contributed by atoms with Gasteiger partial charge in [-0.25, -0.2) is 0 Å². The number of benzene rings is 1. The number of halogens is 1. The largest absolute Gasteiger partial charge is 0.394 e. The van der Waals surface area contributed by atoms with Gasteiger partial charge < -0.3 is 10.0 Å². The summed E-state index contributed by atoms with van der Waals surface area (Å²) >= 11 is 6.02. The number of anilines is 1. The van der Waals surface area contributed by atoms with Crippen LogP contribution < -0.4 is 4.90 Å². The summed E-state index contributed by atoms with van der Waals surface area (Å²) in [5, 5.41) is 10.1. The van der Waals surface area contributed by atoms with Crippen LogP contribution in [0.25, 0.3) is 0 Å². The fourth-order valence-electron chi connectivity index (χ4n) is 2.55. The van der Waals surface area contributed by atoms with Gasteiger partial charge in [-0.05, 0) is 31.0 Å². The molecular formula is C14H18ClNO2. The number of carbonyl (C=O) groups excluding carboxylic acids is 1. The molecule has 1 aliphatic heterocycles. The third-order valence-electron chi connectivity index (χ3n) is 3.52. The summed E-state index contributed by atoms with van der Waals surface area (Å²) in [4.78, 5) is 13.3. The van der Waals surface area contributed by atoms with Gasteiger partial charge in [0.15, 0.2) is 6.29 Å². The number of carbonyl (C=O) groups is 1. The van der Waals surface area contributed by atoms with E-state index in [9.17, 15) is 9.90 Å². The van der Waals surface area contributed by atoms with Gasteiger partial charge in [-0.15, -0.1) is 0 Å². The molecule has 1 N–H and O–H groups in total. The van der Waals surface area contributed by atoms with Gasteiger partial charge in [0.25, 0.3) is 0 Å². The Morgan fingerprint density at radius 2 is 2.22 bits per heavy atom. The van der Waals surface area contributed by atoms with Gasteiger partial charge in [0.2, 0.25) is 0 Å². The highest BCUT2D eigenvalue weighted by atomic mass is 35.5. The van der Waals surface area contributed by atoms with Crippen molar-refractivity contribution in [2.45, 2.75) is 31.7 Å². The van der Waals surface area contributed by atoms with E-state index in [4.69, 9.17) is 11.6 Å². The zero-order valence-corrected chi connectivity index (χ0v) is 11.1. The molecule has 1 saturated heterocycles. The monoisotopic (exact) mass is 267 g/mol. The highest BCUT2D eigenvalue weighted by Crippen LogP contribution is 2.29. The Kier molecular flexibility index (Phi) is 4.61. The first-order chi connectivity index (χ1) is 8.76. The average Bonchev–Trinajstić information content (AvgIpc) is 2.63. The minimum absolute atomic E-state index is 0.0877. The van der Waals surface area contributed by atoms with Gasteiger partial charge in [0.05, 0.1) is 12.6 Å². The molecule has 4 heteroatoms. The summed E-state index contributed by atoms with van der Waals surface area (Å²) in [7, 11) is 0. The second kappa shape index (κ2) is 6.21. The van der Waals surface area contributed by atoms with Crippen LogP contribution in [0.1, 0.15) is 36.0 Å². The summed E-state index contributed by atoms with van der Waals surface area (Å²) in [6.45, 7) is 0.983. The molecule has 0 aliphatic carbocycles. The van der Waals surface area contributed by atoms with Crippen molar-refractivity contribution in [2.24, 2.45) is 0 Å². The van der Waals surface area contributed by atoms with Crippen LogP contribution >= 0.6 is 11.6 Å². The maximum atomic E-state index is 11.1. The Morgan fingerprint density at radius 1 is 1.39 bits per heavy atom. The number of rotatable bonds is 3. The molecule has 0 saturated carbocycles. The summed E-state index contributed by atoms with van der Waals surface area (Å²) in [6, 6.07) is 5.37. The van der Waals surface area contributed by atoms with Crippen molar-refractivity contribution in [1.82, 2.24) is 0 Å². The minimum atomic E-state index is 0.0877. The second-order valence-corrected chi connectivity index (χ2v) is 5.14. The lowest BCUT2D eigenvalue weighted by Crippen LogP contribution is -2.38. The van der Waals surface area contributed by atoms with Crippen molar-refractivity contribution >= 4 is 23.6 Å². The third-order valence-corrected chi connectivity index (χ3v) is 3.75. The van der Waals surface area contributed by atoms with Crippen LogP contribution in [0, 0.1) is 0 Å². The van der Waals surface area contributed by atoms with Crippen LogP contribution in [0.15, 0.2) is 18.2 Å². The Labute approximate surface area is 112 Å². The normalized spacial score (nSPS) is 20.6. The van der Waals surface area contributed by atoms with Gasteiger partial charge in [-0.2, -0.15) is 0 Å². The molecule has 1 fully saturated rings. The lowest BCUT2D eigenvalue weighted by atomic mass is 10.1. The Balaban J connectivity index is 2.37. The average molecular weight is 268 g/mol. The first-order valence-electron chi connectivity index (χ1n) is 6.38. The molecule has 0 amide bonds. The number of aliphatic hydroxyl groups is 1. The maximum Gasteiger partial charge on any atom is 0.152 e. The SMILES string of the molecule is O=Cc1ccc(Cl)cc1N1CCCCCC1CO. The molecule has 1 heterocycles. The van der Waals surface area contributed by atoms with Crippen molar-refractivity contribution in [3.8, 4) is 0 Å². The van der Waals surface area contributed by atoms with Crippen LogP contribution in [-0.2, 0) is 0 Å².